The molecule has 84 heavy (non-hydrogen) atoms. The van der Waals surface area contributed by atoms with Gasteiger partial charge in [-0.2, -0.15) is 0 Å². The first kappa shape index (κ1) is 61.8. The lowest BCUT2D eigenvalue weighted by Gasteiger charge is -2.03. The van der Waals surface area contributed by atoms with Gasteiger partial charge in [0.15, 0.2) is 69.0 Å². The lowest BCUT2D eigenvalue weighted by molar-refractivity contribution is -0.143. The summed E-state index contributed by atoms with van der Waals surface area (Å²) in [7, 11) is 0. The van der Waals surface area contributed by atoms with Crippen molar-refractivity contribution in [2.45, 2.75) is 65.2 Å². The second kappa shape index (κ2) is 32.6. The largest absolute Gasteiger partial charge is 0.481 e. The molecule has 6 heterocycles. The number of carbonyl (C=O) groups excluding carboxylic acids is 4. The number of amides is 1. The lowest BCUT2D eigenvalue weighted by atomic mass is 10.1. The van der Waals surface area contributed by atoms with Crippen LogP contribution in [-0.4, -0.2) is 95.7 Å². The molecule has 6 aromatic carbocycles. The van der Waals surface area contributed by atoms with Gasteiger partial charge in [-0.15, -0.1) is 0 Å². The molecule has 0 saturated heterocycles. The van der Waals surface area contributed by atoms with E-state index >= 15 is 0 Å². The quantitative estimate of drug-likeness (QED) is 0.0437. The summed E-state index contributed by atoms with van der Waals surface area (Å²) in [5.74, 6) is 7.33. The third-order valence-corrected chi connectivity index (χ3v) is 12.3. The van der Waals surface area contributed by atoms with E-state index in [1.807, 2.05) is 78.9 Å². The molecule has 0 aromatic heterocycles. The lowest BCUT2D eigenvalue weighted by Crippen LogP contribution is -2.11. The minimum absolute atomic E-state index is 0.139. The molecule has 0 atom stereocenters. The molecule has 22 heteroatoms. The molecule has 0 radical (unpaired) electrons. The average Bonchev–Trinajstić information content (AvgIpc) is 4.60. The number of aliphatic carboxylic acids is 1. The zero-order chi connectivity index (χ0) is 59.5. The molecule has 0 fully saturated rings. The first-order chi connectivity index (χ1) is 40.9. The van der Waals surface area contributed by atoms with Crippen molar-refractivity contribution in [3.8, 4) is 69.0 Å². The summed E-state index contributed by atoms with van der Waals surface area (Å²) in [6.07, 6.45) is 8.59. The molecular formula is C62H66N2O20. The Labute approximate surface area is 484 Å². The number of aldehydes is 1. The van der Waals surface area contributed by atoms with Crippen LogP contribution in [0.4, 0.5) is 0 Å². The van der Waals surface area contributed by atoms with E-state index in [0.717, 1.165) is 93.9 Å². The Morgan fingerprint density at radius 2 is 0.798 bits per heavy atom. The van der Waals surface area contributed by atoms with Crippen LogP contribution < -0.4 is 68.3 Å². The summed E-state index contributed by atoms with van der Waals surface area (Å²) in [4.78, 5) is 53.5. The summed E-state index contributed by atoms with van der Waals surface area (Å²) in [5.41, 5.74) is 16.3. The second-order valence-electron chi connectivity index (χ2n) is 18.2. The van der Waals surface area contributed by atoms with Gasteiger partial charge in [0.05, 0.1) is 13.2 Å². The third-order valence-electron chi connectivity index (χ3n) is 12.3. The van der Waals surface area contributed by atoms with E-state index in [9.17, 15) is 24.0 Å². The van der Waals surface area contributed by atoms with Crippen LogP contribution in [0, 0.1) is 0 Å². The predicted octanol–water partition coefficient (Wildman–Crippen LogP) is 8.70. The molecule has 0 aliphatic carbocycles. The maximum absolute atomic E-state index is 11.2. The number of benzene rings is 6. The van der Waals surface area contributed by atoms with Gasteiger partial charge in [0.25, 0.3) is 0 Å². The number of carboxylic acids is 1. The van der Waals surface area contributed by atoms with Crippen LogP contribution in [0.3, 0.4) is 0 Å². The number of esters is 2. The molecule has 22 nitrogen and oxygen atoms in total. The fourth-order valence-corrected chi connectivity index (χ4v) is 8.05. The normalized spacial score (nSPS) is 12.9. The van der Waals surface area contributed by atoms with Crippen molar-refractivity contribution in [2.24, 2.45) is 11.5 Å². The van der Waals surface area contributed by atoms with E-state index in [-0.39, 0.29) is 58.2 Å². The SMILES string of the molecule is CCOC(=O)/C=C\c1ccc2c(c1)OCO2.CCOC(=O)CCc1ccc2c(c1)OCO2.NC(=O)CCc1ccc2c(c1)OCO2.NCCCc1ccc2c(c1)OCO2.O=C(O)CCc1ccc2c(c1)OCO2.O=Cc1ccc2c(c1)OCO2. The molecular weight excluding hydrogens is 1090 g/mol. The Balaban J connectivity index is 0.000000145. The maximum Gasteiger partial charge on any atom is 0.330 e. The van der Waals surface area contributed by atoms with Crippen molar-refractivity contribution in [1.29, 1.82) is 0 Å². The van der Waals surface area contributed by atoms with E-state index in [4.69, 9.17) is 82.9 Å². The minimum atomic E-state index is -0.789. The number of aryl methyl sites for hydroxylation is 4. The number of ether oxygens (including phenoxy) is 14. The van der Waals surface area contributed by atoms with Crippen molar-refractivity contribution in [3.05, 3.63) is 149 Å². The summed E-state index contributed by atoms with van der Waals surface area (Å²) in [6.45, 7) is 6.75. The van der Waals surface area contributed by atoms with E-state index in [1.165, 1.54) is 11.6 Å². The predicted molar refractivity (Wildman–Crippen MR) is 302 cm³/mol. The van der Waals surface area contributed by atoms with Gasteiger partial charge in [0.2, 0.25) is 46.7 Å². The molecule has 0 unspecified atom stereocenters. The van der Waals surface area contributed by atoms with Crippen molar-refractivity contribution in [3.63, 3.8) is 0 Å². The fraction of sp³-hybridized carbons (Fsp3) is 0.306. The number of primary amides is 1. The Hall–Kier alpha value is -9.83. The Bertz CT molecular complexity index is 3150. The van der Waals surface area contributed by atoms with E-state index in [2.05, 4.69) is 6.07 Å². The second-order valence-corrected chi connectivity index (χ2v) is 18.2. The average molecular weight is 1160 g/mol. The summed E-state index contributed by atoms with van der Waals surface area (Å²) < 4.78 is 71.8. The van der Waals surface area contributed by atoms with Gasteiger partial charge in [-0.1, -0.05) is 30.3 Å². The van der Waals surface area contributed by atoms with E-state index < -0.39 is 5.97 Å². The summed E-state index contributed by atoms with van der Waals surface area (Å²) >= 11 is 0. The van der Waals surface area contributed by atoms with Crippen molar-refractivity contribution >= 4 is 36.2 Å². The summed E-state index contributed by atoms with van der Waals surface area (Å²) in [6, 6.07) is 33.4. The van der Waals surface area contributed by atoms with Gasteiger partial charge >= 0.3 is 17.9 Å². The maximum atomic E-state index is 11.2. The van der Waals surface area contributed by atoms with E-state index in [0.29, 0.717) is 80.7 Å². The van der Waals surface area contributed by atoms with Crippen LogP contribution in [0.25, 0.3) is 6.08 Å². The highest BCUT2D eigenvalue weighted by Crippen LogP contribution is 2.37. The monoisotopic (exact) mass is 1160 g/mol. The standard InChI is InChI=1S/C12H14O4.C12H12O4.C10H11NO3.C10H13NO2.C10H10O4.C8H6O3/c2*1-2-14-12(13)6-4-9-3-5-10-11(7-9)16-8-15-10;11-10(12)4-2-7-1-3-8-9(5-7)14-6-13-8;11-5-1-2-8-3-4-9-10(6-8)13-7-12-9;11-10(12)4-2-7-1-3-8-9(5-7)14-6-13-8;9-4-6-1-2-7-8(3-6)11-5-10-7/h3,5,7H,2,4,6,8H2,1H3;3-7H,2,8H2,1H3;1,3,5H,2,4,6H2,(H2,11,12);3-4,6H,1-2,5,7,11H2;1,3,5H,2,4,6H2,(H,11,12);1-4H,5H2/b;6-4-;;;;. The van der Waals surface area contributed by atoms with Crippen molar-refractivity contribution in [2.75, 3.05) is 60.5 Å². The van der Waals surface area contributed by atoms with Crippen LogP contribution in [0.5, 0.6) is 69.0 Å². The topological polar surface area (TPSA) is 287 Å². The molecule has 6 aliphatic heterocycles. The number of carbonyl (C=O) groups is 5. The van der Waals surface area contributed by atoms with Crippen molar-refractivity contribution < 1.29 is 95.4 Å². The Kier molecular flexibility index (Phi) is 24.0. The number of nitrogens with two attached hydrogens (primary N) is 2. The zero-order valence-corrected chi connectivity index (χ0v) is 46.5. The van der Waals surface area contributed by atoms with Gasteiger partial charge in [-0.3, -0.25) is 19.2 Å². The Morgan fingerprint density at radius 1 is 0.452 bits per heavy atom. The molecule has 12 rings (SSSR count). The number of carboxylic acid groups (broad SMARTS) is 1. The number of rotatable bonds is 17. The molecule has 6 aromatic rings. The van der Waals surface area contributed by atoms with Crippen LogP contribution >= 0.6 is 0 Å². The minimum Gasteiger partial charge on any atom is -0.481 e. The molecule has 5 N–H and O–H groups in total. The molecule has 444 valence electrons. The first-order valence-electron chi connectivity index (χ1n) is 26.9. The molecule has 0 spiro atoms. The van der Waals surface area contributed by atoms with Crippen molar-refractivity contribution in [1.82, 2.24) is 0 Å². The van der Waals surface area contributed by atoms with Gasteiger partial charge in [0, 0.05) is 30.9 Å². The highest BCUT2D eigenvalue weighted by atomic mass is 16.7. The summed E-state index contributed by atoms with van der Waals surface area (Å²) in [5, 5.41) is 8.51. The third kappa shape index (κ3) is 19.7. The first-order valence-corrected chi connectivity index (χ1v) is 26.9. The molecule has 1 amide bonds. The number of hydrogen-bond donors (Lipinski definition) is 3. The van der Waals surface area contributed by atoms with Crippen LogP contribution in [0.15, 0.2) is 115 Å². The molecule has 0 saturated carbocycles. The fourth-order valence-electron chi connectivity index (χ4n) is 8.05. The van der Waals surface area contributed by atoms with Crippen LogP contribution in [-0.2, 0) is 54.3 Å². The number of hydrogen-bond acceptors (Lipinski definition) is 20. The zero-order valence-electron chi connectivity index (χ0n) is 46.5. The smallest absolute Gasteiger partial charge is 0.330 e. The van der Waals surface area contributed by atoms with Gasteiger partial charge in [-0.25, -0.2) is 4.79 Å². The van der Waals surface area contributed by atoms with E-state index in [1.54, 1.807) is 44.2 Å². The molecule has 6 aliphatic rings. The van der Waals surface area contributed by atoms with Gasteiger partial charge in [0.1, 0.15) is 6.29 Å². The van der Waals surface area contributed by atoms with Crippen LogP contribution in [0.1, 0.15) is 77.7 Å². The number of fused-ring (bicyclic) bond motifs is 6. The van der Waals surface area contributed by atoms with Crippen LogP contribution in [0.2, 0.25) is 0 Å². The highest BCUT2D eigenvalue weighted by Gasteiger charge is 2.18. The Morgan fingerprint density at radius 3 is 1.18 bits per heavy atom. The van der Waals surface area contributed by atoms with Gasteiger partial charge < -0.3 is 82.9 Å². The molecule has 0 bridgehead atoms. The van der Waals surface area contributed by atoms with Gasteiger partial charge in [-0.05, 0) is 165 Å². The highest BCUT2D eigenvalue weighted by molar-refractivity contribution is 5.87.